The number of H-pyrrole nitrogens is 1. The van der Waals surface area contributed by atoms with Gasteiger partial charge in [-0.05, 0) is 16.4 Å². The Kier molecular flexibility index (Phi) is 8.72. The number of anilines is 2. The van der Waals surface area contributed by atoms with E-state index in [9.17, 15) is 19.4 Å². The van der Waals surface area contributed by atoms with Crippen molar-refractivity contribution in [2.24, 2.45) is 0 Å². The topological polar surface area (TPSA) is 263 Å². The maximum Gasteiger partial charge on any atom is 0.582 e. The van der Waals surface area contributed by atoms with Gasteiger partial charge in [-0.3, -0.25) is 14.3 Å². The van der Waals surface area contributed by atoms with Gasteiger partial charge in [0.15, 0.2) is 28.9 Å². The van der Waals surface area contributed by atoms with Crippen molar-refractivity contribution < 1.29 is 37.6 Å². The first-order valence-corrected chi connectivity index (χ1v) is 17.9. The highest BCUT2D eigenvalue weighted by molar-refractivity contribution is 8.39. The van der Waals surface area contributed by atoms with E-state index in [2.05, 4.69) is 42.2 Å². The Morgan fingerprint density at radius 2 is 2.00 bits per heavy atom. The molecule has 4 aromatic rings. The molecule has 2 aliphatic heterocycles. The van der Waals surface area contributed by atoms with Crippen LogP contribution in [0.15, 0.2) is 23.8 Å². The van der Waals surface area contributed by atoms with Crippen LogP contribution in [-0.4, -0.2) is 93.3 Å². The van der Waals surface area contributed by atoms with Crippen LogP contribution in [0.3, 0.4) is 0 Å². The van der Waals surface area contributed by atoms with Gasteiger partial charge in [-0.25, -0.2) is 19.9 Å². The number of aromatic nitrogens is 8. The van der Waals surface area contributed by atoms with Gasteiger partial charge in [0.2, 0.25) is 5.95 Å². The van der Waals surface area contributed by atoms with Crippen molar-refractivity contribution in [2.75, 3.05) is 37.9 Å². The summed E-state index contributed by atoms with van der Waals surface area (Å²) >= 11 is 9.09. The lowest BCUT2D eigenvalue weighted by atomic mass is 10.00. The first-order valence-electron chi connectivity index (χ1n) is 13.0. The van der Waals surface area contributed by atoms with E-state index >= 15 is 0 Å². The van der Waals surface area contributed by atoms with Crippen LogP contribution in [0.25, 0.3) is 22.3 Å². The van der Waals surface area contributed by atoms with E-state index in [1.807, 2.05) is 0 Å². The molecule has 7 atom stereocenters. The van der Waals surface area contributed by atoms with Crippen LogP contribution in [0.4, 0.5) is 11.8 Å². The van der Waals surface area contributed by atoms with E-state index in [0.29, 0.717) is 11.2 Å². The summed E-state index contributed by atoms with van der Waals surface area (Å²) < 4.78 is 43.4. The molecule has 0 aliphatic carbocycles. The summed E-state index contributed by atoms with van der Waals surface area (Å²) in [4.78, 5) is 46.5. The summed E-state index contributed by atoms with van der Waals surface area (Å²) in [5.41, 5.74) is 10.9. The van der Waals surface area contributed by atoms with Crippen molar-refractivity contribution in [2.45, 2.75) is 42.9 Å². The van der Waals surface area contributed by atoms with Crippen LogP contribution in [0.5, 0.6) is 0 Å². The van der Waals surface area contributed by atoms with Crippen molar-refractivity contribution in [1.29, 1.82) is 0 Å². The zero-order valence-electron chi connectivity index (χ0n) is 22.6. The minimum Gasteiger partial charge on any atom is -0.393 e. The van der Waals surface area contributed by atoms with E-state index in [0.717, 1.165) is 0 Å². The SMILES string of the molecule is Nc1nc2c(ncn2[C@@H]2O[C@H](CO[P+](=O)S)C[C@@H]2OP(O)(=S)OC[C@]2(CO)CC(n3cnc4c(N)ncnc43)CO2)c(=O)[nH]1. The van der Waals surface area contributed by atoms with Gasteiger partial charge in [0.1, 0.15) is 42.4 Å². The molecule has 4 aromatic heterocycles. The Balaban J connectivity index is 1.18. The second kappa shape index (κ2) is 12.3. The summed E-state index contributed by atoms with van der Waals surface area (Å²) in [6.45, 7) is -4.69. The molecule has 0 aromatic carbocycles. The van der Waals surface area contributed by atoms with Crippen molar-refractivity contribution in [3.63, 3.8) is 0 Å². The summed E-state index contributed by atoms with van der Waals surface area (Å²) in [6.07, 6.45) is 1.95. The van der Waals surface area contributed by atoms with Gasteiger partial charge in [0.05, 0.1) is 44.6 Å². The number of thiol groups is 1. The summed E-state index contributed by atoms with van der Waals surface area (Å²) in [7, 11) is -2.22. The predicted molar refractivity (Wildman–Crippen MR) is 160 cm³/mol. The van der Waals surface area contributed by atoms with E-state index in [-0.39, 0.29) is 61.6 Å². The van der Waals surface area contributed by atoms with E-state index < -0.39 is 50.2 Å². The number of aromatic amines is 1. The van der Waals surface area contributed by atoms with Crippen molar-refractivity contribution >= 4 is 72.1 Å². The van der Waals surface area contributed by atoms with Crippen LogP contribution >= 0.6 is 26.2 Å². The average Bonchev–Trinajstić information content (AvgIpc) is 3.76. The van der Waals surface area contributed by atoms with Gasteiger partial charge in [-0.2, -0.15) is 4.98 Å². The molecular formula is C21H27N10O9P2S2+. The second-order valence-corrected chi connectivity index (χ2v) is 14.7. The number of rotatable bonds is 11. The Labute approximate surface area is 258 Å². The molecule has 3 unspecified atom stereocenters. The number of fused-ring (bicyclic) bond motifs is 2. The van der Waals surface area contributed by atoms with Crippen LogP contribution in [-0.2, 0) is 39.4 Å². The molecule has 236 valence electrons. The maximum absolute atomic E-state index is 12.3. The minimum atomic E-state index is -4.01. The third kappa shape index (κ3) is 6.22. The number of aliphatic hydroxyl groups excluding tert-OH is 1. The van der Waals surface area contributed by atoms with E-state index in [1.165, 1.54) is 17.2 Å². The number of nitrogen functional groups attached to an aromatic ring is 2. The fourth-order valence-corrected chi connectivity index (χ4v) is 7.21. The number of imidazole rings is 2. The van der Waals surface area contributed by atoms with Gasteiger partial charge < -0.3 is 44.6 Å². The zero-order valence-corrected chi connectivity index (χ0v) is 26.1. The standard InChI is InChI=1S/C21H26N10O9P2S2/c22-15-13-16(25-7-24-15)30(8-26-13)10-2-21(5-32,36-3-10)6-38-42(35,44)40-12-1-11(4-37-41(34)43)39-19(12)31-9-27-14-17(31)28-20(23)29-18(14)33/h7-12,19,32H,1-6H2,(H6-,22,23,24,25,28,29,33,34,35,43,44)/p+1/t10?,11-,12-,19+,21+,42?/m0/s1. The highest BCUT2D eigenvalue weighted by Gasteiger charge is 2.45. The number of nitrogens with zero attached hydrogens (tertiary/aromatic N) is 7. The molecule has 7 N–H and O–H groups in total. The Hall–Kier alpha value is -2.68. The van der Waals surface area contributed by atoms with Gasteiger partial charge >= 0.3 is 13.9 Å². The van der Waals surface area contributed by atoms with Gasteiger partial charge in [-0.15, -0.1) is 4.52 Å². The molecule has 23 heteroatoms. The highest BCUT2D eigenvalue weighted by Crippen LogP contribution is 2.51. The molecule has 0 radical (unpaired) electrons. The van der Waals surface area contributed by atoms with E-state index in [1.54, 1.807) is 10.9 Å². The predicted octanol–water partition coefficient (Wildman–Crippen LogP) is 0.326. The molecular weight excluding hydrogens is 662 g/mol. The highest BCUT2D eigenvalue weighted by atomic mass is 32.7. The van der Waals surface area contributed by atoms with Crippen LogP contribution < -0.4 is 17.0 Å². The normalized spacial score (nSPS) is 27.3. The van der Waals surface area contributed by atoms with Crippen molar-refractivity contribution in [3.8, 4) is 0 Å². The number of hydrogen-bond donors (Lipinski definition) is 6. The Morgan fingerprint density at radius 1 is 1.23 bits per heavy atom. The molecule has 44 heavy (non-hydrogen) atoms. The summed E-state index contributed by atoms with van der Waals surface area (Å²) in [5, 5.41) is 10.3. The lowest BCUT2D eigenvalue weighted by Crippen LogP contribution is -2.38. The van der Waals surface area contributed by atoms with Crippen LogP contribution in [0, 0.1) is 0 Å². The fourth-order valence-electron chi connectivity index (χ4n) is 5.23. The Bertz CT molecular complexity index is 1820. The molecule has 0 saturated carbocycles. The maximum atomic E-state index is 12.3. The Morgan fingerprint density at radius 3 is 2.77 bits per heavy atom. The minimum absolute atomic E-state index is 0.00277. The molecule has 6 heterocycles. The largest absolute Gasteiger partial charge is 0.582 e. The fraction of sp³-hybridized carbons (Fsp3) is 0.524. The number of ether oxygens (including phenoxy) is 2. The zero-order chi connectivity index (χ0) is 31.2. The molecule has 0 bridgehead atoms. The average molecular weight is 690 g/mol. The molecule has 2 saturated heterocycles. The molecule has 2 aliphatic rings. The number of nitrogens with one attached hydrogen (secondary N) is 1. The van der Waals surface area contributed by atoms with Crippen molar-refractivity contribution in [3.05, 3.63) is 29.3 Å². The summed E-state index contributed by atoms with van der Waals surface area (Å²) in [5.74, 6) is 0.0887. The lowest BCUT2D eigenvalue weighted by Gasteiger charge is -2.29. The van der Waals surface area contributed by atoms with Crippen molar-refractivity contribution in [1.82, 2.24) is 39.0 Å². The van der Waals surface area contributed by atoms with Gasteiger partial charge in [0, 0.05) is 12.8 Å². The van der Waals surface area contributed by atoms with Crippen LogP contribution in [0.2, 0.25) is 0 Å². The first-order chi connectivity index (χ1) is 21.0. The number of aliphatic hydroxyl groups is 1. The number of nitrogens with two attached hydrogens (primary N) is 2. The smallest absolute Gasteiger partial charge is 0.393 e. The van der Waals surface area contributed by atoms with E-state index in [4.69, 9.17) is 46.3 Å². The monoisotopic (exact) mass is 689 g/mol. The molecule has 2 fully saturated rings. The second-order valence-electron chi connectivity index (χ2n) is 10.2. The van der Waals surface area contributed by atoms with Gasteiger partial charge in [0.25, 0.3) is 5.56 Å². The summed E-state index contributed by atoms with van der Waals surface area (Å²) in [6, 6.07) is -0.285. The van der Waals surface area contributed by atoms with Crippen LogP contribution in [0.1, 0.15) is 25.1 Å². The lowest BCUT2D eigenvalue weighted by molar-refractivity contribution is -0.0733. The first kappa shape index (κ1) is 31.3. The third-order valence-electron chi connectivity index (χ3n) is 7.26. The third-order valence-corrected chi connectivity index (χ3v) is 9.54. The quantitative estimate of drug-likeness (QED) is 0.0915. The molecule has 0 amide bonds. The van der Waals surface area contributed by atoms with Gasteiger partial charge in [-0.1, -0.05) is 0 Å². The number of hydrogen-bond acceptors (Lipinski definition) is 16. The molecule has 19 nitrogen and oxygen atoms in total. The molecule has 6 rings (SSSR count). The molecule has 0 spiro atoms.